The first kappa shape index (κ1) is 12.7. The Morgan fingerprint density at radius 3 is 2.65 bits per heavy atom. The van der Waals surface area contributed by atoms with E-state index in [1.807, 2.05) is 4.90 Å². The van der Waals surface area contributed by atoms with Gasteiger partial charge in [-0.2, -0.15) is 0 Å². The molecule has 2 aliphatic rings. The number of rotatable bonds is 3. The fraction of sp³-hybridized carbons (Fsp3) is 0.909. The van der Waals surface area contributed by atoms with E-state index in [0.717, 1.165) is 0 Å². The zero-order valence-corrected chi connectivity index (χ0v) is 9.66. The van der Waals surface area contributed by atoms with Crippen LogP contribution >= 0.6 is 0 Å². The number of carboxylic acids is 1. The maximum absolute atomic E-state index is 13.0. The van der Waals surface area contributed by atoms with Crippen LogP contribution in [0, 0.1) is 5.92 Å². The van der Waals surface area contributed by atoms with Crippen LogP contribution < -0.4 is 5.73 Å². The Bertz CT molecular complexity index is 325. The van der Waals surface area contributed by atoms with Gasteiger partial charge < -0.3 is 15.7 Å². The Kier molecular flexibility index (Phi) is 3.12. The first-order valence-corrected chi connectivity index (χ1v) is 5.93. The number of carboxylic acid groups (broad SMARTS) is 1. The summed E-state index contributed by atoms with van der Waals surface area (Å²) in [5.74, 6) is -3.56. The van der Waals surface area contributed by atoms with E-state index >= 15 is 0 Å². The molecule has 0 aromatic heterocycles. The van der Waals surface area contributed by atoms with Gasteiger partial charge in [-0.3, -0.25) is 4.79 Å². The molecule has 0 spiro atoms. The predicted octanol–water partition coefficient (Wildman–Crippen LogP) is 0.910. The number of alkyl halides is 2. The Hall–Kier alpha value is -0.750. The summed E-state index contributed by atoms with van der Waals surface area (Å²) in [5.41, 5.74) is 4.54. The monoisotopic (exact) mass is 248 g/mol. The highest BCUT2D eigenvalue weighted by Gasteiger charge is 2.44. The normalized spacial score (nSPS) is 37.5. The number of nitrogens with zero attached hydrogens (tertiary/aromatic N) is 1. The van der Waals surface area contributed by atoms with Crippen molar-refractivity contribution in [2.45, 2.75) is 37.1 Å². The van der Waals surface area contributed by atoms with Gasteiger partial charge >= 0.3 is 5.97 Å². The molecule has 6 heteroatoms. The molecular weight excluding hydrogens is 230 g/mol. The number of hydrogen-bond acceptors (Lipinski definition) is 3. The van der Waals surface area contributed by atoms with Crippen LogP contribution in [0.4, 0.5) is 8.78 Å². The van der Waals surface area contributed by atoms with Crippen molar-refractivity contribution < 1.29 is 18.7 Å². The summed E-state index contributed by atoms with van der Waals surface area (Å²) in [7, 11) is 0. The summed E-state index contributed by atoms with van der Waals surface area (Å²) in [5, 5.41) is 8.96. The van der Waals surface area contributed by atoms with Crippen molar-refractivity contribution in [3.8, 4) is 0 Å². The Labute approximate surface area is 98.8 Å². The highest BCUT2D eigenvalue weighted by atomic mass is 19.3. The molecule has 1 aliphatic heterocycles. The average molecular weight is 248 g/mol. The van der Waals surface area contributed by atoms with Gasteiger partial charge in [-0.1, -0.05) is 0 Å². The minimum Gasteiger partial charge on any atom is -0.480 e. The summed E-state index contributed by atoms with van der Waals surface area (Å²) in [6.45, 7) is 1.40. The van der Waals surface area contributed by atoms with Crippen molar-refractivity contribution in [2.75, 3.05) is 19.6 Å². The number of nitrogens with two attached hydrogens (primary N) is 1. The topological polar surface area (TPSA) is 66.6 Å². The van der Waals surface area contributed by atoms with Gasteiger partial charge in [-0.15, -0.1) is 0 Å². The molecule has 0 radical (unpaired) electrons. The summed E-state index contributed by atoms with van der Waals surface area (Å²) in [6, 6.07) is 0. The SMILES string of the molecule is NC1(C(=O)O)CCN(CC2CCC(F)(F)C2)C1. The predicted molar refractivity (Wildman–Crippen MR) is 57.9 cm³/mol. The van der Waals surface area contributed by atoms with Crippen LogP contribution in [0.3, 0.4) is 0 Å². The van der Waals surface area contributed by atoms with Crippen molar-refractivity contribution in [2.24, 2.45) is 11.7 Å². The smallest absolute Gasteiger partial charge is 0.325 e. The molecule has 4 nitrogen and oxygen atoms in total. The van der Waals surface area contributed by atoms with Gasteiger partial charge in [0.2, 0.25) is 5.92 Å². The van der Waals surface area contributed by atoms with Crippen LogP contribution in [0.2, 0.25) is 0 Å². The Morgan fingerprint density at radius 2 is 2.18 bits per heavy atom. The maximum Gasteiger partial charge on any atom is 0.325 e. The molecule has 2 rings (SSSR count). The van der Waals surface area contributed by atoms with Crippen LogP contribution in [0.25, 0.3) is 0 Å². The van der Waals surface area contributed by atoms with Crippen LogP contribution in [0.5, 0.6) is 0 Å². The molecular formula is C11H18F2N2O2. The number of likely N-dealkylation sites (tertiary alicyclic amines) is 1. The van der Waals surface area contributed by atoms with E-state index < -0.39 is 17.4 Å². The van der Waals surface area contributed by atoms with E-state index in [2.05, 4.69) is 0 Å². The third-order valence-electron chi connectivity index (χ3n) is 3.83. The van der Waals surface area contributed by atoms with E-state index in [9.17, 15) is 13.6 Å². The average Bonchev–Trinajstić information content (AvgIpc) is 2.72. The lowest BCUT2D eigenvalue weighted by atomic mass is 10.0. The highest BCUT2D eigenvalue weighted by molar-refractivity contribution is 5.79. The van der Waals surface area contributed by atoms with Crippen LogP contribution in [-0.4, -0.2) is 47.1 Å². The second-order valence-corrected chi connectivity index (χ2v) is 5.41. The van der Waals surface area contributed by atoms with Crippen LogP contribution in [-0.2, 0) is 4.79 Å². The largest absolute Gasteiger partial charge is 0.480 e. The molecule has 98 valence electrons. The quantitative estimate of drug-likeness (QED) is 0.779. The molecule has 1 saturated heterocycles. The van der Waals surface area contributed by atoms with Gasteiger partial charge in [0.1, 0.15) is 5.54 Å². The molecule has 2 unspecified atom stereocenters. The second kappa shape index (κ2) is 4.17. The van der Waals surface area contributed by atoms with Crippen molar-refractivity contribution in [1.82, 2.24) is 4.90 Å². The fourth-order valence-corrected chi connectivity index (χ4v) is 2.81. The lowest BCUT2D eigenvalue weighted by Crippen LogP contribution is -2.50. The molecule has 0 aromatic rings. The number of carbonyl (C=O) groups is 1. The molecule has 0 bridgehead atoms. The third-order valence-corrected chi connectivity index (χ3v) is 3.83. The fourth-order valence-electron chi connectivity index (χ4n) is 2.81. The van der Waals surface area contributed by atoms with Crippen LogP contribution in [0.15, 0.2) is 0 Å². The minimum absolute atomic E-state index is 0.0267. The van der Waals surface area contributed by atoms with Gasteiger partial charge in [0, 0.05) is 32.5 Å². The molecule has 2 atom stereocenters. The summed E-state index contributed by atoms with van der Waals surface area (Å²) in [4.78, 5) is 12.8. The molecule has 17 heavy (non-hydrogen) atoms. The van der Waals surface area contributed by atoms with E-state index in [1.165, 1.54) is 0 Å². The summed E-state index contributed by atoms with van der Waals surface area (Å²) < 4.78 is 26.0. The van der Waals surface area contributed by atoms with E-state index in [-0.39, 0.29) is 25.3 Å². The first-order chi connectivity index (χ1) is 7.81. The standard InChI is InChI=1S/C11H18F2N2O2/c12-11(13)2-1-8(5-11)6-15-4-3-10(14,7-15)9(16)17/h8H,1-7,14H2,(H,16,17). The third kappa shape index (κ3) is 2.74. The Morgan fingerprint density at radius 1 is 1.47 bits per heavy atom. The summed E-state index contributed by atoms with van der Waals surface area (Å²) >= 11 is 0. The van der Waals surface area contributed by atoms with Crippen molar-refractivity contribution in [3.05, 3.63) is 0 Å². The maximum atomic E-state index is 13.0. The van der Waals surface area contributed by atoms with Crippen molar-refractivity contribution >= 4 is 5.97 Å². The lowest BCUT2D eigenvalue weighted by Gasteiger charge is -2.22. The van der Waals surface area contributed by atoms with Gasteiger partial charge in [0.25, 0.3) is 0 Å². The van der Waals surface area contributed by atoms with Gasteiger partial charge in [-0.05, 0) is 18.8 Å². The molecule has 3 N–H and O–H groups in total. The zero-order chi connectivity index (χ0) is 12.7. The van der Waals surface area contributed by atoms with E-state index in [4.69, 9.17) is 10.8 Å². The molecule has 0 aromatic carbocycles. The van der Waals surface area contributed by atoms with E-state index in [0.29, 0.717) is 25.9 Å². The van der Waals surface area contributed by atoms with Gasteiger partial charge in [0.05, 0.1) is 0 Å². The molecule has 1 saturated carbocycles. The molecule has 1 aliphatic carbocycles. The number of hydrogen-bond donors (Lipinski definition) is 2. The summed E-state index contributed by atoms with van der Waals surface area (Å²) in [6.07, 6.45) is 0.798. The number of halogens is 2. The zero-order valence-electron chi connectivity index (χ0n) is 9.66. The minimum atomic E-state index is -2.53. The molecule has 2 fully saturated rings. The highest BCUT2D eigenvalue weighted by Crippen LogP contribution is 2.39. The second-order valence-electron chi connectivity index (χ2n) is 5.41. The molecule has 1 heterocycles. The van der Waals surface area contributed by atoms with Crippen molar-refractivity contribution in [1.29, 1.82) is 0 Å². The lowest BCUT2D eigenvalue weighted by molar-refractivity contribution is -0.142. The van der Waals surface area contributed by atoms with Gasteiger partial charge in [0.15, 0.2) is 0 Å². The van der Waals surface area contributed by atoms with E-state index in [1.54, 1.807) is 0 Å². The first-order valence-electron chi connectivity index (χ1n) is 5.93. The van der Waals surface area contributed by atoms with Crippen LogP contribution in [0.1, 0.15) is 25.7 Å². The van der Waals surface area contributed by atoms with Gasteiger partial charge in [-0.25, -0.2) is 8.78 Å². The molecule has 0 amide bonds. The van der Waals surface area contributed by atoms with Crippen molar-refractivity contribution in [3.63, 3.8) is 0 Å². The Balaban J connectivity index is 1.85. The number of aliphatic carboxylic acids is 1.